The normalized spacial score (nSPS) is 10.5. The van der Waals surface area contributed by atoms with Gasteiger partial charge < -0.3 is 15.1 Å². The molecule has 2 amide bonds. The fraction of sp³-hybridized carbons (Fsp3) is 0.158. The summed E-state index contributed by atoms with van der Waals surface area (Å²) < 4.78 is 5.50. The topological polar surface area (TPSA) is 67.2 Å². The zero-order valence-corrected chi connectivity index (χ0v) is 14.5. The van der Waals surface area contributed by atoms with Crippen LogP contribution in [0.2, 0.25) is 5.02 Å². The van der Waals surface area contributed by atoms with Gasteiger partial charge in [0.15, 0.2) is 0 Å². The molecular formula is C19H18ClN3O2. The lowest BCUT2D eigenvalue weighted by Gasteiger charge is -2.06. The Labute approximate surface area is 151 Å². The van der Waals surface area contributed by atoms with Crippen LogP contribution in [0, 0.1) is 6.92 Å². The van der Waals surface area contributed by atoms with Crippen molar-refractivity contribution in [3.8, 4) is 11.5 Å². The minimum atomic E-state index is -0.287. The van der Waals surface area contributed by atoms with Crippen molar-refractivity contribution in [3.05, 3.63) is 71.1 Å². The number of oxazole rings is 1. The summed E-state index contributed by atoms with van der Waals surface area (Å²) in [6, 6.07) is 14.7. The summed E-state index contributed by atoms with van der Waals surface area (Å²) in [5.41, 5.74) is 3.56. The summed E-state index contributed by atoms with van der Waals surface area (Å²) in [5.74, 6) is 0.582. The fourth-order valence-electron chi connectivity index (χ4n) is 2.30. The predicted octanol–water partition coefficient (Wildman–Crippen LogP) is 4.67. The highest BCUT2D eigenvalue weighted by molar-refractivity contribution is 6.30. The maximum Gasteiger partial charge on any atom is 0.319 e. The molecular weight excluding hydrogens is 338 g/mol. The van der Waals surface area contributed by atoms with E-state index >= 15 is 0 Å². The first-order chi connectivity index (χ1) is 12.1. The van der Waals surface area contributed by atoms with Crippen LogP contribution in [0.25, 0.3) is 11.5 Å². The number of hydrogen-bond donors (Lipinski definition) is 2. The van der Waals surface area contributed by atoms with Crippen molar-refractivity contribution in [2.24, 2.45) is 0 Å². The molecule has 25 heavy (non-hydrogen) atoms. The summed E-state index contributed by atoms with van der Waals surface area (Å²) >= 11 is 5.88. The van der Waals surface area contributed by atoms with Gasteiger partial charge in [0.1, 0.15) is 6.26 Å². The number of aryl methyl sites for hydroxylation is 1. The smallest absolute Gasteiger partial charge is 0.319 e. The second-order valence-electron chi connectivity index (χ2n) is 5.65. The number of carbonyl (C=O) groups excluding carboxylic acids is 1. The first-order valence-electron chi connectivity index (χ1n) is 7.92. The van der Waals surface area contributed by atoms with Crippen molar-refractivity contribution in [2.45, 2.75) is 13.3 Å². The van der Waals surface area contributed by atoms with Gasteiger partial charge in [0.2, 0.25) is 5.89 Å². The Balaban J connectivity index is 1.49. The Morgan fingerprint density at radius 1 is 1.20 bits per heavy atom. The lowest BCUT2D eigenvalue weighted by molar-refractivity contribution is 0.252. The molecule has 0 saturated carbocycles. The summed E-state index contributed by atoms with van der Waals surface area (Å²) in [6.07, 6.45) is 2.20. The number of nitrogens with zero attached hydrogens (tertiary/aromatic N) is 1. The van der Waals surface area contributed by atoms with Gasteiger partial charge in [0, 0.05) is 29.2 Å². The quantitative estimate of drug-likeness (QED) is 0.699. The van der Waals surface area contributed by atoms with E-state index in [1.165, 1.54) is 5.56 Å². The maximum absolute atomic E-state index is 11.9. The van der Waals surface area contributed by atoms with E-state index in [0.29, 0.717) is 29.6 Å². The number of nitrogens with one attached hydrogen (secondary N) is 2. The third-order valence-electron chi connectivity index (χ3n) is 3.60. The zero-order valence-electron chi connectivity index (χ0n) is 13.8. The summed E-state index contributed by atoms with van der Waals surface area (Å²) in [4.78, 5) is 16.3. The van der Waals surface area contributed by atoms with E-state index in [1.54, 1.807) is 30.5 Å². The molecule has 0 aliphatic rings. The number of carbonyl (C=O) groups is 1. The average Bonchev–Trinajstić information content (AvgIpc) is 3.04. The van der Waals surface area contributed by atoms with Crippen LogP contribution in [0.1, 0.15) is 11.3 Å². The van der Waals surface area contributed by atoms with Crippen molar-refractivity contribution in [2.75, 3.05) is 11.9 Å². The first-order valence-corrected chi connectivity index (χ1v) is 8.30. The minimum absolute atomic E-state index is 0.287. The molecule has 128 valence electrons. The van der Waals surface area contributed by atoms with Crippen molar-refractivity contribution in [1.82, 2.24) is 10.3 Å². The average molecular weight is 356 g/mol. The van der Waals surface area contributed by atoms with Crippen LogP contribution in [-0.4, -0.2) is 17.6 Å². The molecule has 0 spiro atoms. The van der Waals surface area contributed by atoms with E-state index in [-0.39, 0.29) is 6.03 Å². The van der Waals surface area contributed by atoms with E-state index < -0.39 is 0 Å². The Morgan fingerprint density at radius 3 is 2.76 bits per heavy atom. The van der Waals surface area contributed by atoms with Gasteiger partial charge in [0.05, 0.1) is 5.69 Å². The van der Waals surface area contributed by atoms with Crippen molar-refractivity contribution < 1.29 is 9.21 Å². The Bertz CT molecular complexity index is 859. The highest BCUT2D eigenvalue weighted by Gasteiger charge is 2.07. The number of benzene rings is 2. The van der Waals surface area contributed by atoms with Crippen LogP contribution in [0.3, 0.4) is 0 Å². The molecule has 2 N–H and O–H groups in total. The van der Waals surface area contributed by atoms with E-state index in [2.05, 4.69) is 15.6 Å². The van der Waals surface area contributed by atoms with Crippen LogP contribution >= 0.6 is 11.6 Å². The van der Waals surface area contributed by atoms with Crippen LogP contribution in [-0.2, 0) is 6.42 Å². The van der Waals surface area contributed by atoms with Crippen molar-refractivity contribution in [1.29, 1.82) is 0 Å². The highest BCUT2D eigenvalue weighted by Crippen LogP contribution is 2.19. The molecule has 0 radical (unpaired) electrons. The number of hydrogen-bond acceptors (Lipinski definition) is 3. The molecule has 3 rings (SSSR count). The number of amides is 2. The molecule has 5 nitrogen and oxygen atoms in total. The summed E-state index contributed by atoms with van der Waals surface area (Å²) in [6.45, 7) is 2.48. The lowest BCUT2D eigenvalue weighted by atomic mass is 10.1. The second kappa shape index (κ2) is 7.85. The molecule has 0 saturated heterocycles. The van der Waals surface area contributed by atoms with Gasteiger partial charge in [-0.05, 0) is 37.3 Å². The zero-order chi connectivity index (χ0) is 17.6. The van der Waals surface area contributed by atoms with E-state index in [9.17, 15) is 4.79 Å². The standard InChI is InChI=1S/C19H18ClN3O2/c1-13-5-7-14(8-6-13)18-22-17(12-25-18)9-10-21-19(24)23-16-4-2-3-15(20)11-16/h2-8,11-12H,9-10H2,1H3,(H2,21,23,24). The Morgan fingerprint density at radius 2 is 2.00 bits per heavy atom. The molecule has 0 bridgehead atoms. The third kappa shape index (κ3) is 4.84. The summed E-state index contributed by atoms with van der Waals surface area (Å²) in [7, 11) is 0. The Kier molecular flexibility index (Phi) is 5.36. The maximum atomic E-state index is 11.9. The molecule has 0 fully saturated rings. The van der Waals surface area contributed by atoms with Gasteiger partial charge in [-0.25, -0.2) is 9.78 Å². The van der Waals surface area contributed by atoms with Crippen LogP contribution in [0.4, 0.5) is 10.5 Å². The van der Waals surface area contributed by atoms with Gasteiger partial charge >= 0.3 is 6.03 Å². The molecule has 0 aliphatic heterocycles. The summed E-state index contributed by atoms with van der Waals surface area (Å²) in [5, 5.41) is 6.08. The van der Waals surface area contributed by atoms with Gasteiger partial charge in [-0.2, -0.15) is 0 Å². The van der Waals surface area contributed by atoms with Crippen LogP contribution in [0.5, 0.6) is 0 Å². The fourth-order valence-corrected chi connectivity index (χ4v) is 2.49. The molecule has 6 heteroatoms. The number of rotatable bonds is 5. The van der Waals surface area contributed by atoms with Crippen LogP contribution < -0.4 is 10.6 Å². The third-order valence-corrected chi connectivity index (χ3v) is 3.83. The highest BCUT2D eigenvalue weighted by atomic mass is 35.5. The molecule has 0 unspecified atom stereocenters. The van der Waals surface area contributed by atoms with Crippen LogP contribution in [0.15, 0.2) is 59.2 Å². The lowest BCUT2D eigenvalue weighted by Crippen LogP contribution is -2.30. The number of urea groups is 1. The molecule has 0 atom stereocenters. The van der Waals surface area contributed by atoms with Gasteiger partial charge in [-0.15, -0.1) is 0 Å². The van der Waals surface area contributed by atoms with Crippen molar-refractivity contribution in [3.63, 3.8) is 0 Å². The molecule has 2 aromatic carbocycles. The van der Waals surface area contributed by atoms with E-state index in [0.717, 1.165) is 11.3 Å². The SMILES string of the molecule is Cc1ccc(-c2nc(CCNC(=O)Nc3cccc(Cl)c3)co2)cc1. The van der Waals surface area contributed by atoms with Gasteiger partial charge in [-0.1, -0.05) is 35.4 Å². The molecule has 3 aromatic rings. The molecule has 0 aliphatic carbocycles. The largest absolute Gasteiger partial charge is 0.444 e. The molecule has 1 aromatic heterocycles. The van der Waals surface area contributed by atoms with E-state index in [1.807, 2.05) is 31.2 Å². The minimum Gasteiger partial charge on any atom is -0.444 e. The van der Waals surface area contributed by atoms with Gasteiger partial charge in [-0.3, -0.25) is 0 Å². The predicted molar refractivity (Wildman–Crippen MR) is 98.9 cm³/mol. The number of aromatic nitrogens is 1. The Hall–Kier alpha value is -2.79. The monoisotopic (exact) mass is 355 g/mol. The van der Waals surface area contributed by atoms with Gasteiger partial charge in [0.25, 0.3) is 0 Å². The first kappa shape index (κ1) is 17.0. The molecule has 1 heterocycles. The number of anilines is 1. The van der Waals surface area contributed by atoms with E-state index in [4.69, 9.17) is 16.0 Å². The second-order valence-corrected chi connectivity index (χ2v) is 6.09. The van der Waals surface area contributed by atoms with Crippen molar-refractivity contribution >= 4 is 23.3 Å². The number of halogens is 1.